The standard InChI is InChI=1S/C34H33ClF6N4O5/c1-17-29(21-9-22(33(36,37)38)12-23(10-21)34(39,40)41)50-32(48)45(17)16-28-26(13-42-31(43-28)44-14-24(15-44)49-2)25-11-20(7-8-27(25)35)18-3-5-19(6-4-18)30(46)47/h7-13,17-19,24,29H,3-6,14-16H2,1-2H3,(H,46,47)/t17-,18?,19?,29-/m0/s1. The molecule has 2 saturated heterocycles. The van der Waals surface area contributed by atoms with E-state index in [2.05, 4.69) is 4.98 Å². The molecular weight excluding hydrogens is 694 g/mol. The quantitative estimate of drug-likeness (QED) is 0.232. The summed E-state index contributed by atoms with van der Waals surface area (Å²) in [4.78, 5) is 37.1. The van der Waals surface area contributed by atoms with Gasteiger partial charge in [0.2, 0.25) is 5.95 Å². The van der Waals surface area contributed by atoms with Crippen molar-refractivity contribution in [3.05, 3.63) is 75.6 Å². The molecule has 3 aromatic rings. The predicted octanol–water partition coefficient (Wildman–Crippen LogP) is 8.11. The molecule has 6 rings (SSSR count). The molecule has 1 N–H and O–H groups in total. The minimum atomic E-state index is -5.07. The fourth-order valence-electron chi connectivity index (χ4n) is 6.80. The van der Waals surface area contributed by atoms with E-state index in [1.807, 2.05) is 17.0 Å². The fraction of sp³-hybridized carbons (Fsp3) is 0.471. The zero-order chi connectivity index (χ0) is 36.1. The van der Waals surface area contributed by atoms with Crippen LogP contribution < -0.4 is 4.90 Å². The molecular formula is C34H33ClF6N4O5. The predicted molar refractivity (Wildman–Crippen MR) is 168 cm³/mol. The Bertz CT molecular complexity index is 1740. The molecule has 3 fully saturated rings. The summed E-state index contributed by atoms with van der Waals surface area (Å²) in [6, 6.07) is 5.64. The van der Waals surface area contributed by atoms with E-state index in [0.717, 1.165) is 5.56 Å². The second-order valence-corrected chi connectivity index (χ2v) is 13.3. The molecule has 268 valence electrons. The van der Waals surface area contributed by atoms with Gasteiger partial charge in [-0.1, -0.05) is 17.7 Å². The van der Waals surface area contributed by atoms with E-state index >= 15 is 0 Å². The van der Waals surface area contributed by atoms with Crippen molar-refractivity contribution < 1.29 is 50.5 Å². The van der Waals surface area contributed by atoms with Crippen molar-refractivity contribution in [2.24, 2.45) is 5.92 Å². The van der Waals surface area contributed by atoms with Gasteiger partial charge in [-0.2, -0.15) is 26.3 Å². The molecule has 0 spiro atoms. The van der Waals surface area contributed by atoms with E-state index in [1.54, 1.807) is 19.4 Å². The molecule has 50 heavy (non-hydrogen) atoms. The Labute approximate surface area is 288 Å². The number of ether oxygens (including phenoxy) is 2. The van der Waals surface area contributed by atoms with Gasteiger partial charge in [0.1, 0.15) is 6.10 Å². The van der Waals surface area contributed by atoms with E-state index < -0.39 is 59.2 Å². The molecule has 1 saturated carbocycles. The Morgan fingerprint density at radius 2 is 1.62 bits per heavy atom. The molecule has 9 nitrogen and oxygen atoms in total. The number of carbonyl (C=O) groups excluding carboxylic acids is 1. The highest BCUT2D eigenvalue weighted by atomic mass is 35.5. The average Bonchev–Trinajstić information content (AvgIpc) is 3.32. The summed E-state index contributed by atoms with van der Waals surface area (Å²) in [5, 5.41) is 9.78. The highest BCUT2D eigenvalue weighted by Gasteiger charge is 2.44. The van der Waals surface area contributed by atoms with Gasteiger partial charge in [-0.15, -0.1) is 0 Å². The molecule has 0 unspecified atom stereocenters. The van der Waals surface area contributed by atoms with Gasteiger partial charge >= 0.3 is 24.4 Å². The Morgan fingerprint density at radius 1 is 0.980 bits per heavy atom. The lowest BCUT2D eigenvalue weighted by atomic mass is 9.78. The molecule has 16 heteroatoms. The summed E-state index contributed by atoms with van der Waals surface area (Å²) >= 11 is 6.72. The monoisotopic (exact) mass is 726 g/mol. The fourth-order valence-corrected chi connectivity index (χ4v) is 7.02. The van der Waals surface area contributed by atoms with Crippen molar-refractivity contribution in [2.45, 2.75) is 75.7 Å². The normalized spacial score (nSPS) is 23.2. The number of anilines is 1. The summed E-state index contributed by atoms with van der Waals surface area (Å²) < 4.78 is 92.6. The van der Waals surface area contributed by atoms with Crippen LogP contribution in [0, 0.1) is 5.92 Å². The van der Waals surface area contributed by atoms with Crippen LogP contribution in [0.15, 0.2) is 42.6 Å². The van der Waals surface area contributed by atoms with E-state index in [9.17, 15) is 41.0 Å². The van der Waals surface area contributed by atoms with E-state index in [1.165, 1.54) is 11.8 Å². The van der Waals surface area contributed by atoms with Crippen LogP contribution in [0.25, 0.3) is 11.1 Å². The van der Waals surface area contributed by atoms with Gasteiger partial charge < -0.3 is 19.5 Å². The van der Waals surface area contributed by atoms with Crippen LogP contribution in [0.4, 0.5) is 37.1 Å². The Balaban J connectivity index is 1.34. The summed E-state index contributed by atoms with van der Waals surface area (Å²) in [7, 11) is 1.58. The van der Waals surface area contributed by atoms with Crippen molar-refractivity contribution in [1.29, 1.82) is 0 Å². The maximum atomic E-state index is 13.6. The van der Waals surface area contributed by atoms with Gasteiger partial charge in [0, 0.05) is 42.5 Å². The van der Waals surface area contributed by atoms with E-state index in [0.29, 0.717) is 78.7 Å². The van der Waals surface area contributed by atoms with Gasteiger partial charge in [-0.25, -0.2) is 14.8 Å². The third-order valence-electron chi connectivity index (χ3n) is 9.80. The van der Waals surface area contributed by atoms with E-state index in [-0.39, 0.29) is 24.6 Å². The first-order chi connectivity index (χ1) is 23.5. The van der Waals surface area contributed by atoms with Crippen LogP contribution >= 0.6 is 11.6 Å². The Hall–Kier alpha value is -4.11. The number of halogens is 7. The number of hydrogen-bond acceptors (Lipinski definition) is 7. The third-order valence-corrected chi connectivity index (χ3v) is 10.1. The van der Waals surface area contributed by atoms with Gasteiger partial charge in [-0.3, -0.25) is 9.69 Å². The number of rotatable bonds is 8. The maximum absolute atomic E-state index is 13.6. The number of alkyl halides is 6. The molecule has 2 atom stereocenters. The molecule has 2 aromatic carbocycles. The highest BCUT2D eigenvalue weighted by molar-refractivity contribution is 6.33. The number of benzene rings is 2. The van der Waals surface area contributed by atoms with Crippen molar-refractivity contribution in [3.63, 3.8) is 0 Å². The molecule has 3 aliphatic rings. The summed E-state index contributed by atoms with van der Waals surface area (Å²) in [5.74, 6) is -0.791. The minimum Gasteiger partial charge on any atom is -0.481 e. The zero-order valence-corrected chi connectivity index (χ0v) is 27.6. The number of methoxy groups -OCH3 is 1. The SMILES string of the molecule is COC1CN(c2ncc(-c3cc(C4CCC(C(=O)O)CC4)ccc3Cl)c(CN3C(=O)O[C@H](c4cc(C(F)(F)F)cc(C(F)(F)F)c4)[C@@H]3C)n2)C1. The van der Waals surface area contributed by atoms with Gasteiger partial charge in [-0.05, 0) is 80.0 Å². The summed E-state index contributed by atoms with van der Waals surface area (Å²) in [5.41, 5.74) is -1.19. The van der Waals surface area contributed by atoms with Crippen molar-refractivity contribution >= 4 is 29.6 Å². The van der Waals surface area contributed by atoms with Crippen molar-refractivity contribution in [2.75, 3.05) is 25.1 Å². The molecule has 3 heterocycles. The number of carbonyl (C=O) groups is 2. The maximum Gasteiger partial charge on any atom is 0.416 e. The summed E-state index contributed by atoms with van der Waals surface area (Å²) in [6.45, 7) is 2.26. The number of amides is 1. The van der Waals surface area contributed by atoms with Crippen molar-refractivity contribution in [1.82, 2.24) is 14.9 Å². The number of cyclic esters (lactones) is 1. The average molecular weight is 727 g/mol. The summed E-state index contributed by atoms with van der Waals surface area (Å²) in [6.07, 6.45) is -8.61. The molecule has 0 radical (unpaired) electrons. The van der Waals surface area contributed by atoms with Crippen LogP contribution in [-0.2, 0) is 33.2 Å². The molecule has 2 aliphatic heterocycles. The number of carboxylic acids is 1. The van der Waals surface area contributed by atoms with Gasteiger partial charge in [0.15, 0.2) is 0 Å². The first-order valence-corrected chi connectivity index (χ1v) is 16.3. The Morgan fingerprint density at radius 3 is 2.20 bits per heavy atom. The van der Waals surface area contributed by atoms with Crippen molar-refractivity contribution in [3.8, 4) is 11.1 Å². The van der Waals surface area contributed by atoms with Crippen LogP contribution in [-0.4, -0.2) is 64.4 Å². The second kappa shape index (κ2) is 13.5. The topological polar surface area (TPSA) is 105 Å². The lowest BCUT2D eigenvalue weighted by Crippen LogP contribution is -2.52. The van der Waals surface area contributed by atoms with Gasteiger partial charge in [0.25, 0.3) is 0 Å². The van der Waals surface area contributed by atoms with E-state index in [4.69, 9.17) is 26.1 Å². The highest BCUT2D eigenvalue weighted by Crippen LogP contribution is 2.43. The first kappa shape index (κ1) is 35.7. The molecule has 1 aliphatic carbocycles. The molecule has 1 aromatic heterocycles. The number of aromatic nitrogens is 2. The lowest BCUT2D eigenvalue weighted by Gasteiger charge is -2.38. The van der Waals surface area contributed by atoms with Crippen LogP contribution in [0.5, 0.6) is 0 Å². The third kappa shape index (κ3) is 7.20. The number of carboxylic acid groups (broad SMARTS) is 1. The number of aliphatic carboxylic acids is 1. The zero-order valence-electron chi connectivity index (χ0n) is 26.9. The van der Waals surface area contributed by atoms with Crippen LogP contribution in [0.3, 0.4) is 0 Å². The molecule has 0 bridgehead atoms. The minimum absolute atomic E-state index is 0.0248. The largest absolute Gasteiger partial charge is 0.481 e. The molecule has 1 amide bonds. The van der Waals surface area contributed by atoms with Gasteiger partial charge in [0.05, 0.1) is 41.4 Å². The van der Waals surface area contributed by atoms with Crippen LogP contribution in [0.1, 0.15) is 72.6 Å². The number of nitrogens with zero attached hydrogens (tertiary/aromatic N) is 4. The Kier molecular flexibility index (Phi) is 9.68. The first-order valence-electron chi connectivity index (χ1n) is 16.0. The smallest absolute Gasteiger partial charge is 0.416 e. The lowest BCUT2D eigenvalue weighted by molar-refractivity contribution is -0.144. The number of hydrogen-bond donors (Lipinski definition) is 1. The second-order valence-electron chi connectivity index (χ2n) is 12.9. The van der Waals surface area contributed by atoms with Crippen LogP contribution in [0.2, 0.25) is 5.02 Å².